The molecule has 20 heavy (non-hydrogen) atoms. The van der Waals surface area contributed by atoms with E-state index in [0.717, 1.165) is 31.1 Å². The number of aryl methyl sites for hydroxylation is 1. The fourth-order valence-electron chi connectivity index (χ4n) is 3.12. The third kappa shape index (κ3) is 2.80. The van der Waals surface area contributed by atoms with Crippen LogP contribution < -0.4 is 5.32 Å². The van der Waals surface area contributed by atoms with Crippen LogP contribution in [0.3, 0.4) is 0 Å². The smallest absolute Gasteiger partial charge is 0.160 e. The maximum atomic E-state index is 5.92. The third-order valence-electron chi connectivity index (χ3n) is 4.34. The summed E-state index contributed by atoms with van der Waals surface area (Å²) in [5.41, 5.74) is 2.59. The van der Waals surface area contributed by atoms with Crippen molar-refractivity contribution in [3.63, 3.8) is 0 Å². The highest BCUT2D eigenvalue weighted by Gasteiger charge is 2.35. The Kier molecular flexibility index (Phi) is 4.20. The Labute approximate surface area is 121 Å². The van der Waals surface area contributed by atoms with Crippen LogP contribution in [0.5, 0.6) is 0 Å². The molecule has 110 valence electrons. The zero-order valence-corrected chi connectivity index (χ0v) is 12.6. The van der Waals surface area contributed by atoms with Crippen molar-refractivity contribution in [3.8, 4) is 0 Å². The minimum Gasteiger partial charge on any atom is -0.373 e. The molecular weight excluding hydrogens is 250 g/mol. The van der Waals surface area contributed by atoms with Crippen molar-refractivity contribution < 1.29 is 4.74 Å². The van der Waals surface area contributed by atoms with E-state index in [1.54, 1.807) is 0 Å². The van der Waals surface area contributed by atoms with Crippen LogP contribution in [-0.4, -0.2) is 23.6 Å². The molecule has 1 unspecified atom stereocenters. The van der Waals surface area contributed by atoms with Crippen LogP contribution in [0.25, 0.3) is 0 Å². The van der Waals surface area contributed by atoms with E-state index in [0.29, 0.717) is 5.92 Å². The van der Waals surface area contributed by atoms with Gasteiger partial charge in [-0.2, -0.15) is 0 Å². The highest BCUT2D eigenvalue weighted by atomic mass is 16.5. The monoisotopic (exact) mass is 275 g/mol. The van der Waals surface area contributed by atoms with E-state index in [1.165, 1.54) is 43.4 Å². The van der Waals surface area contributed by atoms with E-state index >= 15 is 0 Å². The van der Waals surface area contributed by atoms with Gasteiger partial charge in [-0.25, -0.2) is 9.97 Å². The van der Waals surface area contributed by atoms with Gasteiger partial charge < -0.3 is 10.1 Å². The number of ether oxygens (including phenoxy) is 1. The SMILES string of the molecule is CCOC(c1nc2c(c(NC)n1)CCCCC2)C1CC1. The number of hydrogen-bond acceptors (Lipinski definition) is 4. The molecule has 3 rings (SSSR count). The zero-order valence-electron chi connectivity index (χ0n) is 12.6. The largest absolute Gasteiger partial charge is 0.373 e. The lowest BCUT2D eigenvalue weighted by molar-refractivity contribution is 0.0399. The average Bonchev–Trinajstić information content (AvgIpc) is 3.29. The van der Waals surface area contributed by atoms with Gasteiger partial charge >= 0.3 is 0 Å². The Bertz CT molecular complexity index is 471. The number of nitrogens with zero attached hydrogens (tertiary/aromatic N) is 2. The minimum absolute atomic E-state index is 0.0978. The summed E-state index contributed by atoms with van der Waals surface area (Å²) in [7, 11) is 1.96. The molecule has 1 heterocycles. The van der Waals surface area contributed by atoms with Gasteiger partial charge in [0.1, 0.15) is 11.9 Å². The van der Waals surface area contributed by atoms with Gasteiger partial charge in [0.2, 0.25) is 0 Å². The molecule has 0 spiro atoms. The van der Waals surface area contributed by atoms with Gasteiger partial charge in [-0.15, -0.1) is 0 Å². The summed E-state index contributed by atoms with van der Waals surface area (Å²) in [5.74, 6) is 2.56. The van der Waals surface area contributed by atoms with Crippen molar-refractivity contribution in [2.75, 3.05) is 19.0 Å². The van der Waals surface area contributed by atoms with Gasteiger partial charge in [-0.05, 0) is 51.4 Å². The number of aromatic nitrogens is 2. The quantitative estimate of drug-likeness (QED) is 0.838. The fraction of sp³-hybridized carbons (Fsp3) is 0.750. The minimum atomic E-state index is 0.0978. The number of rotatable bonds is 5. The summed E-state index contributed by atoms with van der Waals surface area (Å²) in [6.45, 7) is 2.79. The molecule has 2 aliphatic carbocycles. The number of hydrogen-bond donors (Lipinski definition) is 1. The summed E-state index contributed by atoms with van der Waals surface area (Å²) in [6, 6.07) is 0. The van der Waals surface area contributed by atoms with Crippen molar-refractivity contribution in [1.82, 2.24) is 9.97 Å². The van der Waals surface area contributed by atoms with Crippen molar-refractivity contribution in [3.05, 3.63) is 17.1 Å². The molecule has 0 aromatic carbocycles. The first-order valence-electron chi connectivity index (χ1n) is 8.02. The number of fused-ring (bicyclic) bond motifs is 1. The predicted molar refractivity (Wildman–Crippen MR) is 79.9 cm³/mol. The summed E-state index contributed by atoms with van der Waals surface area (Å²) in [5, 5.41) is 3.27. The Hall–Kier alpha value is -1.16. The molecule has 0 radical (unpaired) electrons. The lowest BCUT2D eigenvalue weighted by Gasteiger charge is -2.19. The Morgan fingerprint density at radius 1 is 1.20 bits per heavy atom. The van der Waals surface area contributed by atoms with Gasteiger partial charge in [0.25, 0.3) is 0 Å². The molecule has 1 aromatic rings. The van der Waals surface area contributed by atoms with Gasteiger partial charge in [-0.3, -0.25) is 0 Å². The highest BCUT2D eigenvalue weighted by Crippen LogP contribution is 2.43. The van der Waals surface area contributed by atoms with Crippen LogP contribution in [-0.2, 0) is 17.6 Å². The van der Waals surface area contributed by atoms with Crippen molar-refractivity contribution in [2.24, 2.45) is 5.92 Å². The topological polar surface area (TPSA) is 47.0 Å². The van der Waals surface area contributed by atoms with Crippen LogP contribution >= 0.6 is 0 Å². The molecule has 2 aliphatic rings. The second-order valence-electron chi connectivity index (χ2n) is 5.88. The highest BCUT2D eigenvalue weighted by molar-refractivity contribution is 5.47. The van der Waals surface area contributed by atoms with Crippen LogP contribution in [0, 0.1) is 5.92 Å². The Morgan fingerprint density at radius 2 is 2.00 bits per heavy atom. The van der Waals surface area contributed by atoms with Crippen molar-refractivity contribution in [1.29, 1.82) is 0 Å². The average molecular weight is 275 g/mol. The van der Waals surface area contributed by atoms with Crippen LogP contribution in [0.15, 0.2) is 0 Å². The molecule has 1 N–H and O–H groups in total. The van der Waals surface area contributed by atoms with Gasteiger partial charge in [-0.1, -0.05) is 6.42 Å². The van der Waals surface area contributed by atoms with Crippen molar-refractivity contribution in [2.45, 2.75) is 58.0 Å². The lowest BCUT2D eigenvalue weighted by atomic mass is 10.1. The standard InChI is InChI=1S/C16H25N3O/c1-3-20-14(11-9-10-11)16-18-13-8-6-4-5-7-12(13)15(17-2)19-16/h11,14H,3-10H2,1-2H3,(H,17,18,19). The molecule has 1 saturated carbocycles. The molecule has 0 bridgehead atoms. The van der Waals surface area contributed by atoms with E-state index in [4.69, 9.17) is 14.7 Å². The molecule has 0 saturated heterocycles. The summed E-state index contributed by atoms with van der Waals surface area (Å²) < 4.78 is 5.92. The second-order valence-corrected chi connectivity index (χ2v) is 5.88. The lowest BCUT2D eigenvalue weighted by Crippen LogP contribution is -2.15. The van der Waals surface area contributed by atoms with E-state index in [9.17, 15) is 0 Å². The molecule has 1 aromatic heterocycles. The van der Waals surface area contributed by atoms with Gasteiger partial charge in [0.05, 0.1) is 0 Å². The van der Waals surface area contributed by atoms with Gasteiger partial charge in [0, 0.05) is 24.9 Å². The predicted octanol–water partition coefficient (Wildman–Crippen LogP) is 3.27. The summed E-state index contributed by atoms with van der Waals surface area (Å²) in [6.07, 6.45) is 8.59. The Balaban J connectivity index is 1.96. The fourth-order valence-corrected chi connectivity index (χ4v) is 3.12. The molecule has 0 amide bonds. The van der Waals surface area contributed by atoms with Gasteiger partial charge in [0.15, 0.2) is 5.82 Å². The molecular formula is C16H25N3O. The molecule has 1 atom stereocenters. The van der Waals surface area contributed by atoms with Crippen LogP contribution in [0.2, 0.25) is 0 Å². The Morgan fingerprint density at radius 3 is 2.70 bits per heavy atom. The molecule has 0 aliphatic heterocycles. The third-order valence-corrected chi connectivity index (χ3v) is 4.34. The van der Waals surface area contributed by atoms with Crippen LogP contribution in [0.4, 0.5) is 5.82 Å². The first-order valence-corrected chi connectivity index (χ1v) is 8.02. The number of nitrogens with one attached hydrogen (secondary N) is 1. The molecule has 4 nitrogen and oxygen atoms in total. The summed E-state index contributed by atoms with van der Waals surface area (Å²) >= 11 is 0. The second kappa shape index (κ2) is 6.08. The van der Waals surface area contributed by atoms with E-state index < -0.39 is 0 Å². The van der Waals surface area contributed by atoms with E-state index in [1.807, 2.05) is 7.05 Å². The molecule has 4 heteroatoms. The maximum Gasteiger partial charge on any atom is 0.160 e. The zero-order chi connectivity index (χ0) is 13.9. The molecule has 1 fully saturated rings. The maximum absolute atomic E-state index is 5.92. The van der Waals surface area contributed by atoms with E-state index in [-0.39, 0.29) is 6.10 Å². The summed E-state index contributed by atoms with van der Waals surface area (Å²) in [4.78, 5) is 9.67. The first kappa shape index (κ1) is 13.8. The number of anilines is 1. The van der Waals surface area contributed by atoms with Crippen LogP contribution in [0.1, 0.15) is 62.2 Å². The van der Waals surface area contributed by atoms with Crippen molar-refractivity contribution >= 4 is 5.82 Å². The first-order chi connectivity index (χ1) is 9.83. The van der Waals surface area contributed by atoms with E-state index in [2.05, 4.69) is 12.2 Å². The normalized spacial score (nSPS) is 20.1.